The highest BCUT2D eigenvalue weighted by Crippen LogP contribution is 2.65. The molecule has 0 aromatic carbocycles. The Labute approximate surface area is 163 Å². The van der Waals surface area contributed by atoms with Crippen molar-refractivity contribution in [2.24, 2.45) is 40.4 Å². The molecule has 3 saturated carbocycles. The van der Waals surface area contributed by atoms with Gasteiger partial charge < -0.3 is 0 Å². The van der Waals surface area contributed by atoms with Crippen molar-refractivity contribution >= 4 is 0 Å². The van der Waals surface area contributed by atoms with Crippen LogP contribution in [-0.4, -0.2) is 0 Å². The van der Waals surface area contributed by atoms with E-state index in [0.29, 0.717) is 10.8 Å². The van der Waals surface area contributed by atoms with Crippen molar-refractivity contribution in [2.45, 2.75) is 98.3 Å². The van der Waals surface area contributed by atoms with Crippen LogP contribution >= 0.6 is 0 Å². The third kappa shape index (κ3) is 3.24. The second-order valence-corrected chi connectivity index (χ2v) is 10.7. The fraction of sp³-hybridized carbons (Fsp3) is 0.846. The van der Waals surface area contributed by atoms with E-state index in [9.17, 15) is 0 Å². The first-order chi connectivity index (χ1) is 12.4. The van der Waals surface area contributed by atoms with Crippen LogP contribution in [0.5, 0.6) is 0 Å². The molecule has 0 bridgehead atoms. The summed E-state index contributed by atoms with van der Waals surface area (Å²) in [5, 5.41) is 0. The summed E-state index contributed by atoms with van der Waals surface area (Å²) < 4.78 is 0. The Bertz CT molecular complexity index is 516. The maximum Gasteiger partial charge on any atom is -0.00852 e. The summed E-state index contributed by atoms with van der Waals surface area (Å²) in [5.41, 5.74) is 3.08. The molecule has 5 unspecified atom stereocenters. The lowest BCUT2D eigenvalue weighted by Gasteiger charge is -2.56. The summed E-state index contributed by atoms with van der Waals surface area (Å²) in [6, 6.07) is 0. The lowest BCUT2D eigenvalue weighted by molar-refractivity contribution is -0.0352. The molecule has 7 atom stereocenters. The van der Waals surface area contributed by atoms with Gasteiger partial charge in [-0.1, -0.05) is 65.0 Å². The van der Waals surface area contributed by atoms with Gasteiger partial charge in [-0.15, -0.1) is 13.2 Å². The van der Waals surface area contributed by atoms with E-state index in [1.165, 1.54) is 70.6 Å². The Balaban J connectivity index is 0.000000948. The molecule has 0 radical (unpaired) electrons. The standard InChI is InChI=1S/C24H40.C2H4/c1-17-8-6-5-7-14-24(4)19(16-17)10-11-20-21-12-9-18(2)23(21,3)15-13-22(20)24;1-2/h10,17-18,20-22H,5-9,11-16H2,1-4H3;1-2H2/t17-,18?,20?,21?,22?,23?,24-;/m0./s1. The first-order valence-electron chi connectivity index (χ1n) is 11.6. The van der Waals surface area contributed by atoms with Gasteiger partial charge >= 0.3 is 0 Å². The summed E-state index contributed by atoms with van der Waals surface area (Å²) in [5.74, 6) is 4.88. The molecule has 0 heterocycles. The van der Waals surface area contributed by atoms with Crippen LogP contribution in [0, 0.1) is 40.4 Å². The lowest BCUT2D eigenvalue weighted by atomic mass is 9.48. The highest BCUT2D eigenvalue weighted by molar-refractivity contribution is 5.23. The van der Waals surface area contributed by atoms with Crippen molar-refractivity contribution in [3.8, 4) is 0 Å². The zero-order valence-electron chi connectivity index (χ0n) is 18.2. The molecular formula is C26H44. The van der Waals surface area contributed by atoms with E-state index in [0.717, 1.165) is 29.6 Å². The lowest BCUT2D eigenvalue weighted by Crippen LogP contribution is -2.48. The maximum absolute atomic E-state index is 3.00. The van der Waals surface area contributed by atoms with Crippen LogP contribution in [-0.2, 0) is 0 Å². The number of rotatable bonds is 0. The minimum Gasteiger partial charge on any atom is -0.106 e. The van der Waals surface area contributed by atoms with Gasteiger partial charge in [-0.05, 0) is 85.4 Å². The van der Waals surface area contributed by atoms with Crippen LogP contribution in [0.15, 0.2) is 24.8 Å². The predicted molar refractivity (Wildman–Crippen MR) is 115 cm³/mol. The van der Waals surface area contributed by atoms with Crippen LogP contribution in [0.25, 0.3) is 0 Å². The van der Waals surface area contributed by atoms with Gasteiger partial charge in [-0.2, -0.15) is 0 Å². The fourth-order valence-electron chi connectivity index (χ4n) is 7.72. The van der Waals surface area contributed by atoms with Crippen LogP contribution in [0.2, 0.25) is 0 Å². The highest BCUT2D eigenvalue weighted by atomic mass is 14.6. The van der Waals surface area contributed by atoms with Crippen molar-refractivity contribution in [2.75, 3.05) is 0 Å². The van der Waals surface area contributed by atoms with Gasteiger partial charge in [-0.3, -0.25) is 0 Å². The number of hydrogen-bond donors (Lipinski definition) is 0. The SMILES string of the molecule is C=C.CC1CCC2C3CC=C4C[C@@H](C)CCCCC[C@]4(C)C3CCC12C. The normalized spacial score (nSPS) is 48.3. The molecule has 0 N–H and O–H groups in total. The van der Waals surface area contributed by atoms with E-state index in [1.807, 2.05) is 5.57 Å². The topological polar surface area (TPSA) is 0 Å². The van der Waals surface area contributed by atoms with Crippen LogP contribution < -0.4 is 0 Å². The smallest absolute Gasteiger partial charge is 0.00852 e. The van der Waals surface area contributed by atoms with Crippen LogP contribution in [0.4, 0.5) is 0 Å². The maximum atomic E-state index is 3.00. The largest absolute Gasteiger partial charge is 0.106 e. The monoisotopic (exact) mass is 356 g/mol. The third-order valence-electron chi connectivity index (χ3n) is 9.56. The first-order valence-corrected chi connectivity index (χ1v) is 11.6. The van der Waals surface area contributed by atoms with E-state index in [1.54, 1.807) is 0 Å². The predicted octanol–water partition coefficient (Wildman–Crippen LogP) is 8.19. The van der Waals surface area contributed by atoms with Gasteiger partial charge in [0.1, 0.15) is 0 Å². The molecule has 148 valence electrons. The Kier molecular flexibility index (Phi) is 6.10. The van der Waals surface area contributed by atoms with Crippen LogP contribution in [0.3, 0.4) is 0 Å². The van der Waals surface area contributed by atoms with E-state index in [-0.39, 0.29) is 0 Å². The summed E-state index contributed by atoms with van der Waals surface area (Å²) in [6.07, 6.45) is 19.0. The molecule has 0 aromatic heterocycles. The molecule has 26 heavy (non-hydrogen) atoms. The average molecular weight is 357 g/mol. The van der Waals surface area contributed by atoms with Crippen molar-refractivity contribution in [3.63, 3.8) is 0 Å². The number of fused-ring (bicyclic) bond motifs is 5. The quantitative estimate of drug-likeness (QED) is 0.384. The van der Waals surface area contributed by atoms with E-state index >= 15 is 0 Å². The van der Waals surface area contributed by atoms with E-state index in [4.69, 9.17) is 0 Å². The van der Waals surface area contributed by atoms with Gasteiger partial charge in [0, 0.05) is 0 Å². The Morgan fingerprint density at radius 3 is 2.42 bits per heavy atom. The van der Waals surface area contributed by atoms with Crippen molar-refractivity contribution in [1.29, 1.82) is 0 Å². The number of hydrogen-bond acceptors (Lipinski definition) is 0. The third-order valence-corrected chi connectivity index (χ3v) is 9.56. The molecular weight excluding hydrogens is 312 g/mol. The van der Waals surface area contributed by atoms with Crippen molar-refractivity contribution in [3.05, 3.63) is 24.8 Å². The molecule has 0 nitrogen and oxygen atoms in total. The van der Waals surface area contributed by atoms with Gasteiger partial charge in [0.15, 0.2) is 0 Å². The zero-order valence-corrected chi connectivity index (χ0v) is 18.2. The molecule has 0 heteroatoms. The molecule has 0 spiro atoms. The summed E-state index contributed by atoms with van der Waals surface area (Å²) in [4.78, 5) is 0. The molecule has 0 saturated heterocycles. The van der Waals surface area contributed by atoms with E-state index < -0.39 is 0 Å². The summed E-state index contributed by atoms with van der Waals surface area (Å²) in [7, 11) is 0. The second kappa shape index (κ2) is 7.84. The second-order valence-electron chi connectivity index (χ2n) is 10.7. The summed E-state index contributed by atoms with van der Waals surface area (Å²) >= 11 is 0. The van der Waals surface area contributed by atoms with Gasteiger partial charge in [0.25, 0.3) is 0 Å². The molecule has 4 rings (SSSR count). The minimum absolute atomic E-state index is 0.536. The number of allylic oxidation sites excluding steroid dienone is 2. The molecule has 3 fully saturated rings. The summed E-state index contributed by atoms with van der Waals surface area (Å²) in [6.45, 7) is 16.4. The Hall–Kier alpha value is -0.520. The molecule has 0 aromatic rings. The van der Waals surface area contributed by atoms with Crippen molar-refractivity contribution in [1.82, 2.24) is 0 Å². The van der Waals surface area contributed by atoms with Gasteiger partial charge in [-0.25, -0.2) is 0 Å². The van der Waals surface area contributed by atoms with Crippen LogP contribution in [0.1, 0.15) is 98.3 Å². The molecule has 0 aliphatic heterocycles. The average Bonchev–Trinajstić information content (AvgIpc) is 2.97. The molecule has 4 aliphatic carbocycles. The molecule has 4 aliphatic rings. The zero-order chi connectivity index (χ0) is 18.9. The van der Waals surface area contributed by atoms with Gasteiger partial charge in [0.05, 0.1) is 0 Å². The van der Waals surface area contributed by atoms with E-state index in [2.05, 4.69) is 46.9 Å². The first kappa shape index (κ1) is 20.2. The minimum atomic E-state index is 0.536. The van der Waals surface area contributed by atoms with Crippen molar-refractivity contribution < 1.29 is 0 Å². The molecule has 0 amide bonds. The Morgan fingerprint density at radius 1 is 0.885 bits per heavy atom. The fourth-order valence-corrected chi connectivity index (χ4v) is 7.72. The highest BCUT2D eigenvalue weighted by Gasteiger charge is 2.56. The Morgan fingerprint density at radius 2 is 1.65 bits per heavy atom. The van der Waals surface area contributed by atoms with Gasteiger partial charge in [0.2, 0.25) is 0 Å².